The normalized spacial score (nSPS) is 29.9. The number of rotatable bonds is 4. The van der Waals surface area contributed by atoms with E-state index in [1.165, 1.54) is 0 Å². The van der Waals surface area contributed by atoms with Crippen molar-refractivity contribution in [3.05, 3.63) is 24.2 Å². The van der Waals surface area contributed by atoms with Crippen LogP contribution in [0.4, 0.5) is 0 Å². The van der Waals surface area contributed by atoms with E-state index in [4.69, 9.17) is 9.15 Å². The summed E-state index contributed by atoms with van der Waals surface area (Å²) in [7, 11) is 0. The van der Waals surface area contributed by atoms with Gasteiger partial charge in [-0.25, -0.2) is 4.98 Å². The third-order valence-electron chi connectivity index (χ3n) is 4.68. The van der Waals surface area contributed by atoms with Crippen LogP contribution in [0.2, 0.25) is 0 Å². The minimum atomic E-state index is -0.424. The number of nitrogens with one attached hydrogen (secondary N) is 2. The molecule has 2 aliphatic rings. The van der Waals surface area contributed by atoms with Gasteiger partial charge in [-0.1, -0.05) is 0 Å². The molecule has 2 N–H and O–H groups in total. The smallest absolute Gasteiger partial charge is 0.229 e. The first kappa shape index (κ1) is 13.5. The summed E-state index contributed by atoms with van der Waals surface area (Å²) in [6.07, 6.45) is 4.71. The van der Waals surface area contributed by atoms with Crippen LogP contribution in [-0.2, 0) is 16.1 Å². The number of carbonyl (C=O) groups excluding carboxylic acids is 1. The minimum absolute atomic E-state index is 0.0237. The maximum atomic E-state index is 12.5. The van der Waals surface area contributed by atoms with Crippen molar-refractivity contribution in [2.24, 2.45) is 5.41 Å². The van der Waals surface area contributed by atoms with Gasteiger partial charge in [-0.05, 0) is 38.3 Å². The van der Waals surface area contributed by atoms with E-state index < -0.39 is 5.41 Å². The number of furan rings is 1. The van der Waals surface area contributed by atoms with E-state index >= 15 is 0 Å². The highest BCUT2D eigenvalue weighted by Crippen LogP contribution is 2.47. The quantitative estimate of drug-likeness (QED) is 0.895. The van der Waals surface area contributed by atoms with Crippen LogP contribution < -0.4 is 5.32 Å². The molecule has 0 aliphatic carbocycles. The summed E-state index contributed by atoms with van der Waals surface area (Å²) in [6, 6.07) is 3.57. The number of ether oxygens (including phenoxy) is 1. The van der Waals surface area contributed by atoms with Crippen molar-refractivity contribution in [3.8, 4) is 11.6 Å². The number of hydrogen-bond donors (Lipinski definition) is 2. The van der Waals surface area contributed by atoms with Crippen LogP contribution >= 0.6 is 0 Å². The maximum absolute atomic E-state index is 12.5. The fraction of sp³-hybridized carbons (Fsp3) is 0.533. The van der Waals surface area contributed by atoms with E-state index in [9.17, 15) is 4.79 Å². The average molecular weight is 302 g/mol. The van der Waals surface area contributed by atoms with Crippen molar-refractivity contribution in [3.63, 3.8) is 0 Å². The third-order valence-corrected chi connectivity index (χ3v) is 4.68. The number of aromatic amines is 1. The first-order valence-electron chi connectivity index (χ1n) is 7.54. The fourth-order valence-corrected chi connectivity index (χ4v) is 3.42. The molecule has 3 atom stereocenters. The summed E-state index contributed by atoms with van der Waals surface area (Å²) >= 11 is 0. The van der Waals surface area contributed by atoms with E-state index in [1.807, 2.05) is 6.92 Å². The highest BCUT2D eigenvalue weighted by molar-refractivity contribution is 5.83. The molecule has 2 aromatic rings. The Kier molecular flexibility index (Phi) is 3.04. The van der Waals surface area contributed by atoms with Crippen LogP contribution in [-0.4, -0.2) is 33.3 Å². The second kappa shape index (κ2) is 4.95. The average Bonchev–Trinajstić information content (AvgIpc) is 3.25. The van der Waals surface area contributed by atoms with Gasteiger partial charge in [0.2, 0.25) is 11.7 Å². The van der Waals surface area contributed by atoms with Crippen LogP contribution in [0.25, 0.3) is 11.6 Å². The fourth-order valence-electron chi connectivity index (χ4n) is 3.42. The van der Waals surface area contributed by atoms with Crippen molar-refractivity contribution in [2.75, 3.05) is 0 Å². The zero-order valence-corrected chi connectivity index (χ0v) is 12.3. The Hall–Kier alpha value is -2.15. The lowest BCUT2D eigenvalue weighted by Gasteiger charge is -2.29. The first-order valence-corrected chi connectivity index (χ1v) is 7.54. The monoisotopic (exact) mass is 302 g/mol. The van der Waals surface area contributed by atoms with Gasteiger partial charge in [0.25, 0.3) is 0 Å². The predicted molar refractivity (Wildman–Crippen MR) is 76.6 cm³/mol. The first-order chi connectivity index (χ1) is 10.6. The van der Waals surface area contributed by atoms with Crippen molar-refractivity contribution < 1.29 is 13.9 Å². The van der Waals surface area contributed by atoms with Gasteiger partial charge >= 0.3 is 0 Å². The molecule has 22 heavy (non-hydrogen) atoms. The molecule has 2 aromatic heterocycles. The van der Waals surface area contributed by atoms with E-state index in [0.29, 0.717) is 24.0 Å². The molecule has 0 aromatic carbocycles. The van der Waals surface area contributed by atoms with Crippen LogP contribution in [0.3, 0.4) is 0 Å². The SMILES string of the molecule is C[C@]1(C(=O)NCc2nc(-c3ccco3)n[nH]2)C[C@H]2CC[C@@H]1O2. The Morgan fingerprint density at radius 3 is 3.14 bits per heavy atom. The van der Waals surface area contributed by atoms with Crippen molar-refractivity contribution in [2.45, 2.75) is 44.9 Å². The number of hydrogen-bond acceptors (Lipinski definition) is 5. The summed E-state index contributed by atoms with van der Waals surface area (Å²) < 4.78 is 11.0. The summed E-state index contributed by atoms with van der Waals surface area (Å²) in [6.45, 7) is 2.31. The van der Waals surface area contributed by atoms with E-state index in [-0.39, 0.29) is 18.1 Å². The predicted octanol–water partition coefficient (Wildman–Crippen LogP) is 1.64. The standard InChI is InChI=1S/C15H18N4O3/c1-15(7-9-4-5-11(15)22-9)14(20)16-8-12-17-13(19-18-12)10-3-2-6-21-10/h2-3,6,9,11H,4-5,7-8H2,1H3,(H,16,20)(H,17,18,19)/t9-,11+,15+/m1/s1. The molecule has 0 saturated carbocycles. The topological polar surface area (TPSA) is 93.0 Å². The number of amides is 1. The lowest BCUT2D eigenvalue weighted by molar-refractivity contribution is -0.133. The van der Waals surface area contributed by atoms with Crippen molar-refractivity contribution >= 4 is 5.91 Å². The highest BCUT2D eigenvalue weighted by atomic mass is 16.5. The molecule has 4 rings (SSSR count). The summed E-state index contributed by atoms with van der Waals surface area (Å²) in [4.78, 5) is 16.8. The van der Waals surface area contributed by atoms with Gasteiger partial charge in [0.15, 0.2) is 5.76 Å². The lowest BCUT2D eigenvalue weighted by atomic mass is 9.75. The molecule has 1 amide bonds. The molecule has 4 heterocycles. The molecule has 2 aliphatic heterocycles. The lowest BCUT2D eigenvalue weighted by Crippen LogP contribution is -2.44. The van der Waals surface area contributed by atoms with Crippen LogP contribution in [0, 0.1) is 5.41 Å². The van der Waals surface area contributed by atoms with Gasteiger partial charge < -0.3 is 14.5 Å². The number of fused-ring (bicyclic) bond motifs is 2. The molecule has 7 heteroatoms. The molecule has 116 valence electrons. The van der Waals surface area contributed by atoms with E-state index in [2.05, 4.69) is 20.5 Å². The van der Waals surface area contributed by atoms with E-state index in [1.54, 1.807) is 18.4 Å². The van der Waals surface area contributed by atoms with Crippen molar-refractivity contribution in [1.82, 2.24) is 20.5 Å². The van der Waals surface area contributed by atoms with Gasteiger partial charge in [-0.15, -0.1) is 5.10 Å². The van der Waals surface area contributed by atoms with Gasteiger partial charge in [-0.2, -0.15) is 0 Å². The number of nitrogens with zero attached hydrogens (tertiary/aromatic N) is 2. The number of H-pyrrole nitrogens is 1. The van der Waals surface area contributed by atoms with Crippen LogP contribution in [0.5, 0.6) is 0 Å². The molecule has 0 unspecified atom stereocenters. The summed E-state index contributed by atoms with van der Waals surface area (Å²) in [5, 5.41) is 9.84. The Balaban J connectivity index is 1.40. The Morgan fingerprint density at radius 1 is 1.55 bits per heavy atom. The number of carbonyl (C=O) groups is 1. The largest absolute Gasteiger partial charge is 0.461 e. The molecule has 0 spiro atoms. The highest BCUT2D eigenvalue weighted by Gasteiger charge is 2.53. The molecular weight excluding hydrogens is 284 g/mol. The third kappa shape index (κ3) is 2.12. The molecule has 7 nitrogen and oxygen atoms in total. The second-order valence-electron chi connectivity index (χ2n) is 6.21. The van der Waals surface area contributed by atoms with Gasteiger partial charge in [0.05, 0.1) is 30.4 Å². The molecule has 2 fully saturated rings. The van der Waals surface area contributed by atoms with E-state index in [0.717, 1.165) is 19.3 Å². The summed E-state index contributed by atoms with van der Waals surface area (Å²) in [5.74, 6) is 1.72. The van der Waals surface area contributed by atoms with Gasteiger partial charge in [-0.3, -0.25) is 9.89 Å². The van der Waals surface area contributed by atoms with Gasteiger partial charge in [0.1, 0.15) is 5.82 Å². The Morgan fingerprint density at radius 2 is 2.45 bits per heavy atom. The van der Waals surface area contributed by atoms with Gasteiger partial charge in [0, 0.05) is 0 Å². The van der Waals surface area contributed by atoms with Crippen LogP contribution in [0.1, 0.15) is 32.0 Å². The zero-order valence-electron chi connectivity index (χ0n) is 12.3. The Labute approximate surface area is 127 Å². The van der Waals surface area contributed by atoms with Crippen LogP contribution in [0.15, 0.2) is 22.8 Å². The zero-order chi connectivity index (χ0) is 15.2. The Bertz CT molecular complexity index is 681. The molecule has 2 saturated heterocycles. The molecular formula is C15H18N4O3. The number of aromatic nitrogens is 3. The van der Waals surface area contributed by atoms with Crippen molar-refractivity contribution in [1.29, 1.82) is 0 Å². The molecule has 0 radical (unpaired) electrons. The summed E-state index contributed by atoms with van der Waals surface area (Å²) in [5.41, 5.74) is -0.424. The molecule has 2 bridgehead atoms. The minimum Gasteiger partial charge on any atom is -0.461 e. The second-order valence-corrected chi connectivity index (χ2v) is 6.21. The maximum Gasteiger partial charge on any atom is 0.229 e.